The number of fused-ring (bicyclic) bond motifs is 1. The maximum Gasteiger partial charge on any atom is 0.434 e. The number of carbonyl (C=O) groups excluding carboxylic acids is 4. The largest absolute Gasteiger partial charge is 0.434 e. The van der Waals surface area contributed by atoms with Crippen LogP contribution in [0.1, 0.15) is 41.6 Å². The molecule has 1 aromatic carbocycles. The van der Waals surface area contributed by atoms with Gasteiger partial charge in [0.25, 0.3) is 17.7 Å². The monoisotopic (exact) mass is 458 g/mol. The number of imide groups is 1. The molecule has 10 heteroatoms. The third-order valence-electron chi connectivity index (χ3n) is 7.08. The summed E-state index contributed by atoms with van der Waals surface area (Å²) in [7, 11) is 0. The van der Waals surface area contributed by atoms with E-state index in [1.54, 1.807) is 17.0 Å². The fourth-order valence-electron chi connectivity index (χ4n) is 5.31. The van der Waals surface area contributed by atoms with Gasteiger partial charge in [0.2, 0.25) is 0 Å². The zero-order valence-electron chi connectivity index (χ0n) is 18.4. The van der Waals surface area contributed by atoms with Crippen molar-refractivity contribution in [1.82, 2.24) is 19.8 Å². The molecule has 33 heavy (non-hydrogen) atoms. The van der Waals surface area contributed by atoms with E-state index >= 15 is 0 Å². The summed E-state index contributed by atoms with van der Waals surface area (Å²) in [5.74, 6) is -1.02. The molecule has 0 radical (unpaired) electrons. The third kappa shape index (κ3) is 4.31. The van der Waals surface area contributed by atoms with Crippen LogP contribution in [-0.2, 0) is 21.0 Å². The van der Waals surface area contributed by atoms with Crippen molar-refractivity contribution in [3.63, 3.8) is 0 Å². The summed E-state index contributed by atoms with van der Waals surface area (Å²) in [5.41, 5.74) is 0.941. The minimum absolute atomic E-state index is 0.0658. The van der Waals surface area contributed by atoms with E-state index in [2.05, 4.69) is 4.90 Å². The Labute approximate surface area is 191 Å². The molecule has 0 aromatic heterocycles. The van der Waals surface area contributed by atoms with Crippen molar-refractivity contribution >= 4 is 23.8 Å². The van der Waals surface area contributed by atoms with Crippen molar-refractivity contribution in [3.05, 3.63) is 35.1 Å². The average molecular weight is 458 g/mol. The molecule has 9 nitrogen and oxygen atoms in total. The fraction of sp³-hybridized carbons (Fsp3) is 0.565. The van der Waals surface area contributed by atoms with Gasteiger partial charge in [0.05, 0.1) is 0 Å². The number of nitrogens with zero attached hydrogens (tertiary/aromatic N) is 4. The Bertz CT molecular complexity index is 965. The maximum atomic E-state index is 14.7. The fourth-order valence-corrected chi connectivity index (χ4v) is 5.31. The lowest BCUT2D eigenvalue weighted by Crippen LogP contribution is -2.40. The van der Waals surface area contributed by atoms with Crippen molar-refractivity contribution < 1.29 is 28.4 Å². The van der Waals surface area contributed by atoms with Crippen LogP contribution in [0.4, 0.5) is 9.18 Å². The van der Waals surface area contributed by atoms with E-state index in [0.717, 1.165) is 25.9 Å². The SMILES string of the molecule is O=C(ON1C(=O)CCC1=O)N1CC2CN(Cc3ccc(C(=O)N4CCCC4)cc3F)CC2C1. The Morgan fingerprint density at radius 3 is 2.18 bits per heavy atom. The summed E-state index contributed by atoms with van der Waals surface area (Å²) >= 11 is 0. The van der Waals surface area contributed by atoms with Crippen LogP contribution >= 0.6 is 0 Å². The molecule has 4 amide bonds. The zero-order chi connectivity index (χ0) is 23.1. The van der Waals surface area contributed by atoms with Crippen molar-refractivity contribution in [1.29, 1.82) is 0 Å². The van der Waals surface area contributed by atoms with Gasteiger partial charge in [-0.2, -0.15) is 0 Å². The highest BCUT2D eigenvalue weighted by Gasteiger charge is 2.43. The van der Waals surface area contributed by atoms with Gasteiger partial charge in [0.1, 0.15) is 5.82 Å². The first-order valence-corrected chi connectivity index (χ1v) is 11.5. The normalized spacial score (nSPS) is 25.3. The van der Waals surface area contributed by atoms with E-state index in [1.165, 1.54) is 11.0 Å². The van der Waals surface area contributed by atoms with E-state index in [9.17, 15) is 23.6 Å². The molecule has 1 aromatic rings. The van der Waals surface area contributed by atoms with Gasteiger partial charge in [-0.3, -0.25) is 19.3 Å². The molecule has 0 bridgehead atoms. The Balaban J connectivity index is 1.14. The highest BCUT2D eigenvalue weighted by molar-refractivity contribution is 6.01. The molecular weight excluding hydrogens is 431 g/mol. The predicted molar refractivity (Wildman–Crippen MR) is 113 cm³/mol. The quantitative estimate of drug-likeness (QED) is 0.637. The Hall–Kier alpha value is -3.01. The third-order valence-corrected chi connectivity index (χ3v) is 7.08. The van der Waals surface area contributed by atoms with Crippen molar-refractivity contribution in [3.8, 4) is 0 Å². The number of amides is 4. The lowest BCUT2D eigenvalue weighted by Gasteiger charge is -2.23. The topological polar surface area (TPSA) is 90.5 Å². The first-order valence-electron chi connectivity index (χ1n) is 11.5. The standard InChI is InChI=1S/C23H27FN4O5/c24-19-9-15(22(31)26-7-1-2-8-26)3-4-16(19)10-25-11-17-13-27(14-18(17)12-25)23(32)33-28-20(29)5-6-21(28)30/h3-4,9,17-18H,1-2,5-8,10-14H2. The summed E-state index contributed by atoms with van der Waals surface area (Å²) in [4.78, 5) is 58.6. The highest BCUT2D eigenvalue weighted by atomic mass is 19.1. The number of benzene rings is 1. The van der Waals surface area contributed by atoms with Gasteiger partial charge in [-0.25, -0.2) is 9.18 Å². The molecule has 4 aliphatic heterocycles. The van der Waals surface area contributed by atoms with Gasteiger partial charge in [0, 0.05) is 69.8 Å². The second-order valence-electron chi connectivity index (χ2n) is 9.36. The molecule has 0 aliphatic carbocycles. The second kappa shape index (κ2) is 8.74. The molecule has 4 heterocycles. The van der Waals surface area contributed by atoms with Crippen LogP contribution in [0, 0.1) is 17.7 Å². The minimum atomic E-state index is -0.677. The van der Waals surface area contributed by atoms with Crippen LogP contribution in [-0.4, -0.2) is 82.8 Å². The Morgan fingerprint density at radius 2 is 1.58 bits per heavy atom. The highest BCUT2D eigenvalue weighted by Crippen LogP contribution is 2.33. The van der Waals surface area contributed by atoms with Gasteiger partial charge in [-0.05, 0) is 36.8 Å². The van der Waals surface area contributed by atoms with Crippen LogP contribution in [0.25, 0.3) is 0 Å². The lowest BCUT2D eigenvalue weighted by atomic mass is 10.0. The summed E-state index contributed by atoms with van der Waals surface area (Å²) < 4.78 is 14.7. The first-order chi connectivity index (χ1) is 15.9. The summed E-state index contributed by atoms with van der Waals surface area (Å²) in [6.07, 6.45) is 1.44. The molecule has 4 aliphatic rings. The van der Waals surface area contributed by atoms with Crippen molar-refractivity contribution in [2.24, 2.45) is 11.8 Å². The number of hydroxylamine groups is 2. The Morgan fingerprint density at radius 1 is 0.939 bits per heavy atom. The average Bonchev–Trinajstić information content (AvgIpc) is 3.56. The lowest BCUT2D eigenvalue weighted by molar-refractivity contribution is -0.173. The molecular formula is C23H27FN4O5. The molecule has 2 atom stereocenters. The first kappa shape index (κ1) is 21.8. The molecule has 176 valence electrons. The number of halogens is 1. The number of hydrogen-bond donors (Lipinski definition) is 0. The van der Waals surface area contributed by atoms with E-state index in [4.69, 9.17) is 4.84 Å². The Kier molecular flexibility index (Phi) is 5.77. The van der Waals surface area contributed by atoms with Crippen LogP contribution in [0.2, 0.25) is 0 Å². The van der Waals surface area contributed by atoms with E-state index in [0.29, 0.717) is 48.9 Å². The summed E-state index contributed by atoms with van der Waals surface area (Å²) in [6.45, 7) is 4.28. The van der Waals surface area contributed by atoms with Crippen molar-refractivity contribution in [2.45, 2.75) is 32.2 Å². The predicted octanol–water partition coefficient (Wildman–Crippen LogP) is 1.63. The minimum Gasteiger partial charge on any atom is -0.339 e. The number of carbonyl (C=O) groups is 4. The van der Waals surface area contributed by atoms with Gasteiger partial charge < -0.3 is 14.6 Å². The zero-order valence-corrected chi connectivity index (χ0v) is 18.4. The number of hydrogen-bond acceptors (Lipinski definition) is 6. The van der Waals surface area contributed by atoms with Gasteiger partial charge >= 0.3 is 6.09 Å². The smallest absolute Gasteiger partial charge is 0.339 e. The molecule has 5 rings (SSSR count). The molecule has 4 saturated heterocycles. The van der Waals surface area contributed by atoms with Crippen LogP contribution in [0.5, 0.6) is 0 Å². The number of likely N-dealkylation sites (tertiary alicyclic amines) is 3. The molecule has 0 spiro atoms. The van der Waals surface area contributed by atoms with Gasteiger partial charge in [0.15, 0.2) is 0 Å². The van der Waals surface area contributed by atoms with Gasteiger partial charge in [-0.1, -0.05) is 6.07 Å². The van der Waals surface area contributed by atoms with E-state index < -0.39 is 17.9 Å². The molecule has 0 saturated carbocycles. The van der Waals surface area contributed by atoms with E-state index in [1.807, 2.05) is 0 Å². The molecule has 4 fully saturated rings. The summed E-state index contributed by atoms with van der Waals surface area (Å²) in [6, 6.07) is 4.74. The van der Waals surface area contributed by atoms with Crippen molar-refractivity contribution in [2.75, 3.05) is 39.3 Å². The maximum absolute atomic E-state index is 14.7. The van der Waals surface area contributed by atoms with Crippen LogP contribution in [0.3, 0.4) is 0 Å². The molecule has 0 N–H and O–H groups in total. The van der Waals surface area contributed by atoms with E-state index in [-0.39, 0.29) is 36.4 Å². The van der Waals surface area contributed by atoms with Gasteiger partial charge in [-0.15, -0.1) is 5.06 Å². The van der Waals surface area contributed by atoms with Crippen LogP contribution in [0.15, 0.2) is 18.2 Å². The molecule has 2 unspecified atom stereocenters. The second-order valence-corrected chi connectivity index (χ2v) is 9.36. The number of rotatable bonds is 4. The summed E-state index contributed by atoms with van der Waals surface area (Å²) in [5, 5.41) is 0.573. The van der Waals surface area contributed by atoms with Crippen LogP contribution < -0.4 is 0 Å².